The maximum absolute atomic E-state index is 12.9. The van der Waals surface area contributed by atoms with Crippen molar-refractivity contribution in [1.29, 1.82) is 0 Å². The van der Waals surface area contributed by atoms with Gasteiger partial charge in [-0.05, 0) is 18.1 Å². The average Bonchev–Trinajstić information content (AvgIpc) is 2.89. The predicted octanol–water partition coefficient (Wildman–Crippen LogP) is 3.73. The van der Waals surface area contributed by atoms with Crippen molar-refractivity contribution in [2.75, 3.05) is 6.54 Å². The Morgan fingerprint density at radius 3 is 2.08 bits per heavy atom. The molecule has 3 rings (SSSR count). The molecular formula is C21H18N2O. The fourth-order valence-corrected chi connectivity index (χ4v) is 2.80. The van der Waals surface area contributed by atoms with Crippen LogP contribution in [0.15, 0.2) is 71.4 Å². The molecule has 0 N–H and O–H groups in total. The van der Waals surface area contributed by atoms with Crippen molar-refractivity contribution >= 4 is 17.3 Å². The second-order valence-corrected chi connectivity index (χ2v) is 5.53. The molecule has 118 valence electrons. The highest BCUT2D eigenvalue weighted by Gasteiger charge is 2.30. The largest absolute Gasteiger partial charge is 0.294 e. The van der Waals surface area contributed by atoms with Crippen LogP contribution in [0.5, 0.6) is 0 Å². The maximum Gasteiger partial charge on any atom is 0.278 e. The van der Waals surface area contributed by atoms with Crippen molar-refractivity contribution in [3.63, 3.8) is 0 Å². The van der Waals surface area contributed by atoms with Gasteiger partial charge in [-0.15, -0.1) is 12.3 Å². The Labute approximate surface area is 142 Å². The molecule has 3 heteroatoms. The zero-order valence-electron chi connectivity index (χ0n) is 13.6. The van der Waals surface area contributed by atoms with Crippen molar-refractivity contribution in [2.24, 2.45) is 4.99 Å². The third-order valence-corrected chi connectivity index (χ3v) is 3.95. The van der Waals surface area contributed by atoms with Crippen molar-refractivity contribution < 1.29 is 4.79 Å². The summed E-state index contributed by atoms with van der Waals surface area (Å²) in [5, 5.41) is 0. The standard InChI is InChI=1S/C21H18N2O/c1-3-4-15-23-16(2)22-20(21(23)24)19(17-11-7-5-8-12-17)18-13-9-6-10-14-18/h1,5-14H,4,15H2,2H3. The van der Waals surface area contributed by atoms with E-state index in [1.807, 2.05) is 67.6 Å². The first-order chi connectivity index (χ1) is 11.7. The summed E-state index contributed by atoms with van der Waals surface area (Å²) in [5.41, 5.74) is 3.27. The topological polar surface area (TPSA) is 32.7 Å². The third kappa shape index (κ3) is 3.00. The fraction of sp³-hybridized carbons (Fsp3) is 0.143. The molecular weight excluding hydrogens is 296 g/mol. The van der Waals surface area contributed by atoms with Crippen LogP contribution < -0.4 is 0 Å². The predicted molar refractivity (Wildman–Crippen MR) is 97.2 cm³/mol. The molecule has 0 fully saturated rings. The molecule has 2 aromatic carbocycles. The molecule has 0 saturated carbocycles. The van der Waals surface area contributed by atoms with Gasteiger partial charge in [-0.1, -0.05) is 60.7 Å². The Morgan fingerprint density at radius 1 is 1.04 bits per heavy atom. The second kappa shape index (κ2) is 6.97. The number of amides is 1. The number of carbonyl (C=O) groups excluding carboxylic acids is 1. The SMILES string of the molecule is C#CCCN1C(=O)C(=C(c2ccccc2)c2ccccc2)N=C1C. The van der Waals surface area contributed by atoms with Crippen LogP contribution in [0.1, 0.15) is 24.5 Å². The van der Waals surface area contributed by atoms with E-state index in [0.717, 1.165) is 16.7 Å². The van der Waals surface area contributed by atoms with Crippen LogP contribution in [-0.2, 0) is 4.79 Å². The van der Waals surface area contributed by atoms with Gasteiger partial charge < -0.3 is 0 Å². The summed E-state index contributed by atoms with van der Waals surface area (Å²) < 4.78 is 0. The highest BCUT2D eigenvalue weighted by molar-refractivity contribution is 6.16. The van der Waals surface area contributed by atoms with Gasteiger partial charge in [-0.25, -0.2) is 4.99 Å². The van der Waals surface area contributed by atoms with Crippen LogP contribution in [0.2, 0.25) is 0 Å². The lowest BCUT2D eigenvalue weighted by atomic mass is 9.96. The Hall–Kier alpha value is -3.12. The summed E-state index contributed by atoms with van der Waals surface area (Å²) in [6.07, 6.45) is 5.85. The summed E-state index contributed by atoms with van der Waals surface area (Å²) in [4.78, 5) is 19.1. The number of nitrogens with zero attached hydrogens (tertiary/aromatic N) is 2. The molecule has 2 aromatic rings. The van der Waals surface area contributed by atoms with Crippen molar-refractivity contribution in [3.05, 3.63) is 77.5 Å². The molecule has 1 heterocycles. The first kappa shape index (κ1) is 15.8. The van der Waals surface area contributed by atoms with E-state index in [9.17, 15) is 4.79 Å². The molecule has 0 unspecified atom stereocenters. The summed E-state index contributed by atoms with van der Waals surface area (Å²) >= 11 is 0. The van der Waals surface area contributed by atoms with E-state index in [1.54, 1.807) is 4.90 Å². The van der Waals surface area contributed by atoms with Gasteiger partial charge in [-0.2, -0.15) is 0 Å². The van der Waals surface area contributed by atoms with Gasteiger partial charge in [0.25, 0.3) is 5.91 Å². The molecule has 0 spiro atoms. The van der Waals surface area contributed by atoms with Gasteiger partial charge in [-0.3, -0.25) is 9.69 Å². The minimum atomic E-state index is -0.0922. The lowest BCUT2D eigenvalue weighted by Gasteiger charge is -2.15. The number of benzene rings is 2. The van der Waals surface area contributed by atoms with Gasteiger partial charge in [0.15, 0.2) is 0 Å². The molecule has 24 heavy (non-hydrogen) atoms. The number of hydrogen-bond donors (Lipinski definition) is 0. The molecule has 0 atom stereocenters. The van der Waals surface area contributed by atoms with Crippen LogP contribution >= 0.6 is 0 Å². The number of carbonyl (C=O) groups is 1. The maximum atomic E-state index is 12.9. The fourth-order valence-electron chi connectivity index (χ4n) is 2.80. The number of amidine groups is 1. The highest BCUT2D eigenvalue weighted by Crippen LogP contribution is 2.31. The Balaban J connectivity index is 2.14. The van der Waals surface area contributed by atoms with Gasteiger partial charge >= 0.3 is 0 Å². The summed E-state index contributed by atoms with van der Waals surface area (Å²) in [6, 6.07) is 19.8. The zero-order valence-corrected chi connectivity index (χ0v) is 13.6. The molecule has 0 saturated heterocycles. The smallest absolute Gasteiger partial charge is 0.278 e. The van der Waals surface area contributed by atoms with Crippen LogP contribution in [0.4, 0.5) is 0 Å². The highest BCUT2D eigenvalue weighted by atomic mass is 16.2. The van der Waals surface area contributed by atoms with E-state index in [0.29, 0.717) is 24.5 Å². The Bertz CT molecular complexity index is 801. The molecule has 0 bridgehead atoms. The second-order valence-electron chi connectivity index (χ2n) is 5.53. The number of aliphatic imine (C=N–C) groups is 1. The van der Waals surface area contributed by atoms with Crippen LogP contribution in [0, 0.1) is 12.3 Å². The van der Waals surface area contributed by atoms with Crippen molar-refractivity contribution in [2.45, 2.75) is 13.3 Å². The van der Waals surface area contributed by atoms with Gasteiger partial charge in [0.1, 0.15) is 11.5 Å². The molecule has 0 aromatic heterocycles. The Kier molecular flexibility index (Phi) is 4.58. The zero-order chi connectivity index (χ0) is 16.9. The number of rotatable bonds is 4. The van der Waals surface area contributed by atoms with Crippen LogP contribution in [-0.4, -0.2) is 23.2 Å². The molecule has 1 amide bonds. The van der Waals surface area contributed by atoms with E-state index < -0.39 is 0 Å². The summed E-state index contributed by atoms with van der Waals surface area (Å²) in [7, 11) is 0. The van der Waals surface area contributed by atoms with Gasteiger partial charge in [0.2, 0.25) is 0 Å². The summed E-state index contributed by atoms with van der Waals surface area (Å²) in [5.74, 6) is 3.18. The van der Waals surface area contributed by atoms with E-state index in [4.69, 9.17) is 6.42 Å². The molecule has 1 aliphatic heterocycles. The Morgan fingerprint density at radius 2 is 1.58 bits per heavy atom. The monoisotopic (exact) mass is 314 g/mol. The first-order valence-electron chi connectivity index (χ1n) is 7.88. The molecule has 0 radical (unpaired) electrons. The van der Waals surface area contributed by atoms with Crippen molar-refractivity contribution in [1.82, 2.24) is 4.90 Å². The van der Waals surface area contributed by atoms with Crippen molar-refractivity contribution in [3.8, 4) is 12.3 Å². The molecule has 1 aliphatic rings. The lowest BCUT2D eigenvalue weighted by Crippen LogP contribution is -2.31. The normalized spacial score (nSPS) is 13.7. The van der Waals surface area contributed by atoms with Crippen LogP contribution in [0.25, 0.3) is 5.57 Å². The third-order valence-electron chi connectivity index (χ3n) is 3.95. The minimum absolute atomic E-state index is 0.0922. The number of terminal acetylenes is 1. The minimum Gasteiger partial charge on any atom is -0.294 e. The molecule has 3 nitrogen and oxygen atoms in total. The van der Waals surface area contributed by atoms with E-state index in [-0.39, 0.29) is 5.91 Å². The number of hydrogen-bond acceptors (Lipinski definition) is 2. The summed E-state index contributed by atoms with van der Waals surface area (Å²) in [6.45, 7) is 2.33. The average molecular weight is 314 g/mol. The van der Waals surface area contributed by atoms with Crippen LogP contribution in [0.3, 0.4) is 0 Å². The molecule has 0 aliphatic carbocycles. The van der Waals surface area contributed by atoms with Gasteiger partial charge in [0.05, 0.1) is 0 Å². The first-order valence-corrected chi connectivity index (χ1v) is 7.88. The van der Waals surface area contributed by atoms with Gasteiger partial charge in [0, 0.05) is 18.5 Å². The lowest BCUT2D eigenvalue weighted by molar-refractivity contribution is -0.122. The van der Waals surface area contributed by atoms with E-state index in [1.165, 1.54) is 0 Å². The quantitative estimate of drug-likeness (QED) is 0.625. The van der Waals surface area contributed by atoms with E-state index >= 15 is 0 Å². The van der Waals surface area contributed by atoms with E-state index in [2.05, 4.69) is 10.9 Å².